The molecule has 1 N–H and O–H groups in total. The quantitative estimate of drug-likeness (QED) is 0.665. The fourth-order valence-corrected chi connectivity index (χ4v) is 4.32. The van der Waals surface area contributed by atoms with E-state index >= 15 is 0 Å². The van der Waals surface area contributed by atoms with Crippen LogP contribution in [0.3, 0.4) is 0 Å². The standard InChI is InChI=1S/C22H19FN4O3/c23-16-6-2-3-7-17(16)27-11-8-18(26-27)25-20(28)14-12-24-13-15-19(14)21(29)30-22(15)9-4-1-5-10-22/h2-3,6-8,11-13H,1,4-5,9-10H2,(H,25,26,28). The van der Waals surface area contributed by atoms with Crippen molar-refractivity contribution in [3.63, 3.8) is 0 Å². The molecule has 0 saturated heterocycles. The summed E-state index contributed by atoms with van der Waals surface area (Å²) in [7, 11) is 0. The summed E-state index contributed by atoms with van der Waals surface area (Å²) >= 11 is 0. The summed E-state index contributed by atoms with van der Waals surface area (Å²) in [4.78, 5) is 29.8. The highest BCUT2D eigenvalue weighted by molar-refractivity contribution is 6.12. The monoisotopic (exact) mass is 406 g/mol. The second-order valence-corrected chi connectivity index (χ2v) is 7.61. The first-order valence-corrected chi connectivity index (χ1v) is 9.91. The molecular weight excluding hydrogens is 387 g/mol. The first-order valence-electron chi connectivity index (χ1n) is 9.91. The molecule has 1 aliphatic carbocycles. The van der Waals surface area contributed by atoms with Gasteiger partial charge in [-0.1, -0.05) is 18.6 Å². The number of amides is 1. The van der Waals surface area contributed by atoms with Crippen molar-refractivity contribution in [2.75, 3.05) is 5.32 Å². The van der Waals surface area contributed by atoms with E-state index in [1.54, 1.807) is 36.7 Å². The van der Waals surface area contributed by atoms with Crippen molar-refractivity contribution in [1.29, 1.82) is 0 Å². The number of pyridine rings is 1. The number of hydrogen-bond acceptors (Lipinski definition) is 5. The number of esters is 1. The summed E-state index contributed by atoms with van der Waals surface area (Å²) in [6, 6.07) is 7.76. The fraction of sp³-hybridized carbons (Fsp3) is 0.273. The van der Waals surface area contributed by atoms with Gasteiger partial charge < -0.3 is 10.1 Å². The summed E-state index contributed by atoms with van der Waals surface area (Å²) in [6.45, 7) is 0. The largest absolute Gasteiger partial charge is 0.450 e. The Morgan fingerprint density at radius 2 is 1.93 bits per heavy atom. The van der Waals surface area contributed by atoms with Gasteiger partial charge in [0, 0.05) is 30.2 Å². The van der Waals surface area contributed by atoms with E-state index < -0.39 is 23.3 Å². The third kappa shape index (κ3) is 2.96. The van der Waals surface area contributed by atoms with Crippen molar-refractivity contribution in [1.82, 2.24) is 14.8 Å². The van der Waals surface area contributed by atoms with E-state index in [2.05, 4.69) is 15.4 Å². The number of ether oxygens (including phenoxy) is 1. The minimum atomic E-state index is -0.666. The van der Waals surface area contributed by atoms with Crippen LogP contribution in [-0.2, 0) is 10.3 Å². The van der Waals surface area contributed by atoms with Crippen LogP contribution in [0.4, 0.5) is 10.2 Å². The van der Waals surface area contributed by atoms with E-state index in [0.29, 0.717) is 5.56 Å². The summed E-state index contributed by atoms with van der Waals surface area (Å²) in [6.07, 6.45) is 9.07. The molecule has 2 aliphatic rings. The van der Waals surface area contributed by atoms with Gasteiger partial charge in [0.15, 0.2) is 5.82 Å². The maximum Gasteiger partial charge on any atom is 0.340 e. The van der Waals surface area contributed by atoms with Gasteiger partial charge in [-0.3, -0.25) is 9.78 Å². The van der Waals surface area contributed by atoms with Crippen LogP contribution < -0.4 is 5.32 Å². The third-order valence-corrected chi connectivity index (χ3v) is 5.76. The van der Waals surface area contributed by atoms with Crippen LogP contribution in [0.25, 0.3) is 5.69 Å². The Bertz CT molecular complexity index is 1150. The molecule has 152 valence electrons. The fourth-order valence-electron chi connectivity index (χ4n) is 4.32. The van der Waals surface area contributed by atoms with Crippen molar-refractivity contribution in [2.24, 2.45) is 0 Å². The summed E-state index contributed by atoms with van der Waals surface area (Å²) in [5.41, 5.74) is 0.721. The predicted octanol–water partition coefficient (Wildman–Crippen LogP) is 3.99. The molecular formula is C22H19FN4O3. The zero-order chi connectivity index (χ0) is 20.7. The van der Waals surface area contributed by atoms with Gasteiger partial charge in [0.2, 0.25) is 0 Å². The Morgan fingerprint density at radius 3 is 2.73 bits per heavy atom. The summed E-state index contributed by atoms with van der Waals surface area (Å²) in [5, 5.41) is 6.88. The molecule has 0 radical (unpaired) electrons. The molecule has 30 heavy (non-hydrogen) atoms. The number of anilines is 1. The van der Waals surface area contributed by atoms with E-state index in [0.717, 1.165) is 32.1 Å². The lowest BCUT2D eigenvalue weighted by molar-refractivity contribution is -0.0281. The first-order chi connectivity index (χ1) is 14.6. The Kier molecular flexibility index (Phi) is 4.34. The van der Waals surface area contributed by atoms with Gasteiger partial charge in [0.1, 0.15) is 17.1 Å². The number of para-hydroxylation sites is 1. The molecule has 1 saturated carbocycles. The number of benzene rings is 1. The molecule has 0 unspecified atom stereocenters. The summed E-state index contributed by atoms with van der Waals surface area (Å²) in [5.74, 6) is -1.19. The van der Waals surface area contributed by atoms with Gasteiger partial charge in [0.05, 0.1) is 11.1 Å². The molecule has 0 bridgehead atoms. The Morgan fingerprint density at radius 1 is 1.13 bits per heavy atom. The van der Waals surface area contributed by atoms with Crippen LogP contribution in [0.15, 0.2) is 48.9 Å². The molecule has 2 aromatic heterocycles. The molecule has 1 aliphatic heterocycles. The number of nitrogens with zero attached hydrogens (tertiary/aromatic N) is 3. The third-order valence-electron chi connectivity index (χ3n) is 5.76. The SMILES string of the molecule is O=C(Nc1ccn(-c2ccccc2F)n1)c1cncc2c1C(=O)OC21CCCCC1. The number of carbonyl (C=O) groups is 2. The zero-order valence-electron chi connectivity index (χ0n) is 16.1. The molecule has 7 nitrogen and oxygen atoms in total. The van der Waals surface area contributed by atoms with Gasteiger partial charge in [-0.25, -0.2) is 13.9 Å². The van der Waals surface area contributed by atoms with Crippen molar-refractivity contribution in [3.8, 4) is 5.69 Å². The maximum atomic E-state index is 14.0. The van der Waals surface area contributed by atoms with E-state index in [9.17, 15) is 14.0 Å². The molecule has 1 aromatic carbocycles. The topological polar surface area (TPSA) is 86.1 Å². The lowest BCUT2D eigenvalue weighted by Crippen LogP contribution is -2.29. The zero-order valence-corrected chi connectivity index (χ0v) is 16.1. The molecule has 1 amide bonds. The molecule has 8 heteroatoms. The normalized spacial score (nSPS) is 16.9. The van der Waals surface area contributed by atoms with E-state index in [1.807, 2.05) is 0 Å². The number of hydrogen-bond donors (Lipinski definition) is 1. The van der Waals surface area contributed by atoms with Gasteiger partial charge in [0.25, 0.3) is 5.91 Å². The van der Waals surface area contributed by atoms with Crippen molar-refractivity contribution in [2.45, 2.75) is 37.7 Å². The van der Waals surface area contributed by atoms with Crippen LogP contribution in [0.2, 0.25) is 0 Å². The Labute approximate surface area is 171 Å². The van der Waals surface area contributed by atoms with Crippen LogP contribution in [0.1, 0.15) is 58.4 Å². The Balaban J connectivity index is 1.44. The van der Waals surface area contributed by atoms with Crippen LogP contribution in [-0.4, -0.2) is 26.6 Å². The molecule has 3 heterocycles. The Hall–Kier alpha value is -3.55. The number of rotatable bonds is 3. The number of halogens is 1. The van der Waals surface area contributed by atoms with Crippen molar-refractivity contribution < 1.29 is 18.7 Å². The summed E-state index contributed by atoms with van der Waals surface area (Å²) < 4.78 is 21.1. The average molecular weight is 406 g/mol. The lowest BCUT2D eigenvalue weighted by Gasteiger charge is -2.32. The van der Waals surface area contributed by atoms with E-state index in [4.69, 9.17) is 4.74 Å². The van der Waals surface area contributed by atoms with Gasteiger partial charge in [-0.05, 0) is 37.8 Å². The second kappa shape index (κ2) is 7.05. The second-order valence-electron chi connectivity index (χ2n) is 7.61. The molecule has 1 fully saturated rings. The van der Waals surface area contributed by atoms with Crippen molar-refractivity contribution >= 4 is 17.7 Å². The first kappa shape index (κ1) is 18.5. The van der Waals surface area contributed by atoms with Gasteiger partial charge in [-0.2, -0.15) is 0 Å². The maximum absolute atomic E-state index is 14.0. The van der Waals surface area contributed by atoms with E-state index in [1.165, 1.54) is 16.9 Å². The predicted molar refractivity (Wildman–Crippen MR) is 106 cm³/mol. The highest BCUT2D eigenvalue weighted by Crippen LogP contribution is 2.47. The number of carbonyl (C=O) groups excluding carboxylic acids is 2. The highest BCUT2D eigenvalue weighted by atomic mass is 19.1. The van der Waals surface area contributed by atoms with Crippen LogP contribution >= 0.6 is 0 Å². The number of aromatic nitrogens is 3. The highest BCUT2D eigenvalue weighted by Gasteiger charge is 2.48. The number of nitrogens with one attached hydrogen (secondary N) is 1. The van der Waals surface area contributed by atoms with Gasteiger partial charge >= 0.3 is 5.97 Å². The van der Waals surface area contributed by atoms with Crippen LogP contribution in [0.5, 0.6) is 0 Å². The van der Waals surface area contributed by atoms with Crippen LogP contribution in [0, 0.1) is 5.82 Å². The van der Waals surface area contributed by atoms with E-state index in [-0.39, 0.29) is 22.6 Å². The molecule has 0 atom stereocenters. The lowest BCUT2D eigenvalue weighted by atomic mass is 9.79. The average Bonchev–Trinajstić information content (AvgIpc) is 3.32. The smallest absolute Gasteiger partial charge is 0.340 e. The molecule has 1 spiro atoms. The number of fused-ring (bicyclic) bond motifs is 2. The minimum absolute atomic E-state index is 0.153. The molecule has 5 rings (SSSR count). The van der Waals surface area contributed by atoms with Crippen molar-refractivity contribution in [3.05, 3.63) is 71.4 Å². The molecule has 3 aromatic rings. The minimum Gasteiger partial charge on any atom is -0.450 e. The van der Waals surface area contributed by atoms with Gasteiger partial charge in [-0.15, -0.1) is 5.10 Å².